The smallest absolute Gasteiger partial charge is 0.251 e. The summed E-state index contributed by atoms with van der Waals surface area (Å²) in [6, 6.07) is 10.2. The summed E-state index contributed by atoms with van der Waals surface area (Å²) in [7, 11) is 5.38. The van der Waals surface area contributed by atoms with Gasteiger partial charge in [0.1, 0.15) is 17.4 Å². The molecule has 0 heterocycles. The molecule has 0 saturated carbocycles. The van der Waals surface area contributed by atoms with Crippen molar-refractivity contribution in [1.82, 2.24) is 10.2 Å². The van der Waals surface area contributed by atoms with Crippen LogP contribution in [-0.4, -0.2) is 38.6 Å². The molecule has 0 aliphatic heterocycles. The van der Waals surface area contributed by atoms with Gasteiger partial charge in [0, 0.05) is 18.2 Å². The van der Waals surface area contributed by atoms with Crippen LogP contribution in [0.5, 0.6) is 5.75 Å². The third-order valence-electron chi connectivity index (χ3n) is 3.70. The zero-order valence-corrected chi connectivity index (χ0v) is 13.8. The van der Waals surface area contributed by atoms with E-state index in [-0.39, 0.29) is 11.6 Å². The van der Waals surface area contributed by atoms with E-state index < -0.39 is 17.5 Å². The van der Waals surface area contributed by atoms with Gasteiger partial charge in [0.2, 0.25) is 0 Å². The van der Waals surface area contributed by atoms with Crippen LogP contribution in [0.4, 0.5) is 8.78 Å². The van der Waals surface area contributed by atoms with Crippen LogP contribution in [-0.2, 0) is 0 Å². The summed E-state index contributed by atoms with van der Waals surface area (Å²) in [6.45, 7) is 0.302. The number of hydrogen-bond donors (Lipinski definition) is 1. The van der Waals surface area contributed by atoms with Crippen LogP contribution in [0, 0.1) is 11.6 Å². The number of hydrogen-bond acceptors (Lipinski definition) is 3. The van der Waals surface area contributed by atoms with Crippen LogP contribution in [0.2, 0.25) is 0 Å². The Kier molecular flexibility index (Phi) is 5.87. The molecule has 1 atom stereocenters. The Labute approximate surface area is 140 Å². The quantitative estimate of drug-likeness (QED) is 0.883. The van der Waals surface area contributed by atoms with Crippen molar-refractivity contribution in [3.63, 3.8) is 0 Å². The number of rotatable bonds is 6. The number of ether oxygens (including phenoxy) is 1. The first-order chi connectivity index (χ1) is 11.4. The topological polar surface area (TPSA) is 41.6 Å². The predicted octanol–water partition coefficient (Wildman–Crippen LogP) is 3.01. The molecule has 0 radical (unpaired) electrons. The molecule has 128 valence electrons. The Bertz CT molecular complexity index is 682. The lowest BCUT2D eigenvalue weighted by Gasteiger charge is -2.25. The van der Waals surface area contributed by atoms with Crippen molar-refractivity contribution in [1.29, 1.82) is 0 Å². The highest BCUT2D eigenvalue weighted by Gasteiger charge is 2.16. The van der Waals surface area contributed by atoms with E-state index in [2.05, 4.69) is 5.32 Å². The highest BCUT2D eigenvalue weighted by atomic mass is 19.1. The van der Waals surface area contributed by atoms with E-state index >= 15 is 0 Å². The molecule has 0 aliphatic carbocycles. The lowest BCUT2D eigenvalue weighted by atomic mass is 10.1. The normalized spacial score (nSPS) is 12.1. The molecule has 0 fully saturated rings. The highest BCUT2D eigenvalue weighted by molar-refractivity contribution is 5.94. The minimum atomic E-state index is -0.778. The molecule has 24 heavy (non-hydrogen) atoms. The van der Waals surface area contributed by atoms with Gasteiger partial charge in [0.05, 0.1) is 13.2 Å². The van der Waals surface area contributed by atoms with E-state index in [4.69, 9.17) is 4.74 Å². The molecule has 1 unspecified atom stereocenters. The number of amides is 1. The van der Waals surface area contributed by atoms with Crippen molar-refractivity contribution in [3.8, 4) is 5.75 Å². The molecule has 2 aromatic rings. The van der Waals surface area contributed by atoms with Crippen molar-refractivity contribution < 1.29 is 18.3 Å². The summed E-state index contributed by atoms with van der Waals surface area (Å²) in [5.41, 5.74) is 0.950. The molecule has 0 bridgehead atoms. The van der Waals surface area contributed by atoms with Gasteiger partial charge in [-0.05, 0) is 43.9 Å². The average molecular weight is 334 g/mol. The second-order valence-corrected chi connectivity index (χ2v) is 5.62. The number of likely N-dealkylation sites (N-methyl/N-ethyl adjacent to an activating group) is 1. The van der Waals surface area contributed by atoms with Gasteiger partial charge in [-0.25, -0.2) is 8.78 Å². The zero-order chi connectivity index (χ0) is 17.7. The van der Waals surface area contributed by atoms with E-state index in [1.165, 1.54) is 0 Å². The van der Waals surface area contributed by atoms with Gasteiger partial charge in [0.15, 0.2) is 0 Å². The molecule has 1 amide bonds. The van der Waals surface area contributed by atoms with Gasteiger partial charge in [-0.1, -0.05) is 12.1 Å². The number of nitrogens with zero attached hydrogens (tertiary/aromatic N) is 1. The summed E-state index contributed by atoms with van der Waals surface area (Å²) in [5.74, 6) is -1.33. The van der Waals surface area contributed by atoms with Gasteiger partial charge < -0.3 is 15.0 Å². The van der Waals surface area contributed by atoms with Crippen LogP contribution in [0.1, 0.15) is 22.0 Å². The van der Waals surface area contributed by atoms with E-state index in [1.54, 1.807) is 7.11 Å². The second-order valence-electron chi connectivity index (χ2n) is 5.62. The average Bonchev–Trinajstić information content (AvgIpc) is 2.54. The maximum Gasteiger partial charge on any atom is 0.251 e. The Morgan fingerprint density at radius 1 is 1.12 bits per heavy atom. The van der Waals surface area contributed by atoms with E-state index in [1.807, 2.05) is 43.3 Å². The number of benzene rings is 2. The van der Waals surface area contributed by atoms with Gasteiger partial charge in [-0.15, -0.1) is 0 Å². The lowest BCUT2D eigenvalue weighted by Crippen LogP contribution is -2.34. The minimum Gasteiger partial charge on any atom is -0.497 e. The summed E-state index contributed by atoms with van der Waals surface area (Å²) in [5, 5.41) is 2.72. The maximum atomic E-state index is 13.2. The predicted molar refractivity (Wildman–Crippen MR) is 88.1 cm³/mol. The second kappa shape index (κ2) is 7.88. The number of carbonyl (C=O) groups excluding carboxylic acids is 1. The first-order valence-corrected chi connectivity index (χ1v) is 7.45. The maximum absolute atomic E-state index is 13.2. The van der Waals surface area contributed by atoms with Crippen molar-refractivity contribution in [2.75, 3.05) is 27.7 Å². The van der Waals surface area contributed by atoms with Gasteiger partial charge >= 0.3 is 0 Å². The van der Waals surface area contributed by atoms with Crippen LogP contribution in [0.3, 0.4) is 0 Å². The number of methoxy groups -OCH3 is 1. The first kappa shape index (κ1) is 17.9. The van der Waals surface area contributed by atoms with E-state index in [0.29, 0.717) is 6.54 Å². The van der Waals surface area contributed by atoms with Crippen molar-refractivity contribution in [2.24, 2.45) is 0 Å². The fourth-order valence-electron chi connectivity index (χ4n) is 2.40. The van der Waals surface area contributed by atoms with Crippen molar-refractivity contribution in [2.45, 2.75) is 6.04 Å². The Balaban J connectivity index is 2.09. The van der Waals surface area contributed by atoms with E-state index in [9.17, 15) is 13.6 Å². The summed E-state index contributed by atoms with van der Waals surface area (Å²) in [4.78, 5) is 14.1. The highest BCUT2D eigenvalue weighted by Crippen LogP contribution is 2.21. The molecule has 2 rings (SSSR count). The molecule has 0 aromatic heterocycles. The third kappa shape index (κ3) is 4.52. The zero-order valence-electron chi connectivity index (χ0n) is 13.8. The molecule has 0 spiro atoms. The molecule has 0 aliphatic rings. The van der Waals surface area contributed by atoms with E-state index in [0.717, 1.165) is 29.5 Å². The Morgan fingerprint density at radius 3 is 2.21 bits per heavy atom. The third-order valence-corrected chi connectivity index (χ3v) is 3.70. The first-order valence-electron chi connectivity index (χ1n) is 7.45. The summed E-state index contributed by atoms with van der Waals surface area (Å²) >= 11 is 0. The molecule has 1 N–H and O–H groups in total. The number of nitrogens with one attached hydrogen (secondary N) is 1. The molecular formula is C18H20F2N2O2. The van der Waals surface area contributed by atoms with Crippen LogP contribution >= 0.6 is 0 Å². The van der Waals surface area contributed by atoms with Crippen LogP contribution < -0.4 is 10.1 Å². The summed E-state index contributed by atoms with van der Waals surface area (Å²) in [6.07, 6.45) is 0. The standard InChI is InChI=1S/C18H20F2N2O2/c1-22(2)17(12-4-6-16(24-3)7-5-12)11-21-18(23)13-8-14(19)10-15(20)9-13/h4-10,17H,11H2,1-3H3,(H,21,23). The lowest BCUT2D eigenvalue weighted by molar-refractivity contribution is 0.0941. The number of carbonyl (C=O) groups is 1. The van der Waals surface area contributed by atoms with Gasteiger partial charge in [-0.2, -0.15) is 0 Å². The van der Waals surface area contributed by atoms with Crippen molar-refractivity contribution >= 4 is 5.91 Å². The monoisotopic (exact) mass is 334 g/mol. The summed E-state index contributed by atoms with van der Waals surface area (Å²) < 4.78 is 31.6. The molecule has 6 heteroatoms. The SMILES string of the molecule is COc1ccc(C(CNC(=O)c2cc(F)cc(F)c2)N(C)C)cc1. The minimum absolute atomic E-state index is 0.0419. The van der Waals surface area contributed by atoms with Crippen molar-refractivity contribution in [3.05, 3.63) is 65.2 Å². The van der Waals surface area contributed by atoms with Gasteiger partial charge in [0.25, 0.3) is 5.91 Å². The van der Waals surface area contributed by atoms with Crippen LogP contribution in [0.15, 0.2) is 42.5 Å². The van der Waals surface area contributed by atoms with Gasteiger partial charge in [-0.3, -0.25) is 4.79 Å². The fourth-order valence-corrected chi connectivity index (χ4v) is 2.40. The number of halogens is 2. The molecule has 0 saturated heterocycles. The fraction of sp³-hybridized carbons (Fsp3) is 0.278. The largest absolute Gasteiger partial charge is 0.497 e. The Hall–Kier alpha value is -2.47. The molecule has 2 aromatic carbocycles. The Morgan fingerprint density at radius 2 is 1.71 bits per heavy atom. The van der Waals surface area contributed by atoms with Crippen LogP contribution in [0.25, 0.3) is 0 Å². The molecule has 4 nitrogen and oxygen atoms in total. The molecular weight excluding hydrogens is 314 g/mol.